The highest BCUT2D eigenvalue weighted by molar-refractivity contribution is 5.75. The van der Waals surface area contributed by atoms with E-state index in [9.17, 15) is 9.90 Å². The van der Waals surface area contributed by atoms with Gasteiger partial charge in [-0.2, -0.15) is 0 Å². The number of aromatic nitrogens is 4. The Morgan fingerprint density at radius 3 is 2.63 bits per heavy atom. The average molecular weight is 267 g/mol. The summed E-state index contributed by atoms with van der Waals surface area (Å²) < 4.78 is 1.35. The summed E-state index contributed by atoms with van der Waals surface area (Å²) in [6.07, 6.45) is 4.80. The average Bonchev–Trinajstić information content (AvgIpc) is 2.84. The van der Waals surface area contributed by atoms with E-state index < -0.39 is 5.60 Å². The van der Waals surface area contributed by atoms with Crippen molar-refractivity contribution in [3.8, 4) is 0 Å². The summed E-state index contributed by atoms with van der Waals surface area (Å²) in [7, 11) is 0. The Kier molecular flexibility index (Phi) is 3.84. The van der Waals surface area contributed by atoms with Crippen molar-refractivity contribution in [1.29, 1.82) is 0 Å². The normalized spacial score (nSPS) is 21.0. The number of carbonyl (C=O) groups excluding carboxylic acids is 1. The summed E-state index contributed by atoms with van der Waals surface area (Å²) in [5.74, 6) is -0.189. The van der Waals surface area contributed by atoms with Crippen molar-refractivity contribution in [2.24, 2.45) is 5.41 Å². The van der Waals surface area contributed by atoms with Crippen LogP contribution in [-0.2, 0) is 11.3 Å². The van der Waals surface area contributed by atoms with Crippen molar-refractivity contribution in [2.75, 3.05) is 6.54 Å². The SMILES string of the molecule is CC1(C)CCC(O)(CNC(=O)Cn2cnnn2)CC1. The minimum absolute atomic E-state index is 0.0779. The van der Waals surface area contributed by atoms with Crippen molar-refractivity contribution in [3.63, 3.8) is 0 Å². The lowest BCUT2D eigenvalue weighted by molar-refractivity contribution is -0.123. The summed E-state index contributed by atoms with van der Waals surface area (Å²) in [4.78, 5) is 11.7. The van der Waals surface area contributed by atoms with Crippen LogP contribution in [0.25, 0.3) is 0 Å². The van der Waals surface area contributed by atoms with E-state index in [1.807, 2.05) is 0 Å². The third kappa shape index (κ3) is 3.99. The molecule has 2 rings (SSSR count). The predicted octanol–water partition coefficient (Wildman–Crippen LogP) is 0.121. The van der Waals surface area contributed by atoms with Gasteiger partial charge in [-0.1, -0.05) is 13.8 Å². The molecule has 1 saturated carbocycles. The van der Waals surface area contributed by atoms with Gasteiger partial charge in [-0.15, -0.1) is 5.10 Å². The van der Waals surface area contributed by atoms with E-state index in [2.05, 4.69) is 34.7 Å². The number of rotatable bonds is 4. The van der Waals surface area contributed by atoms with Crippen LogP contribution in [0.5, 0.6) is 0 Å². The second-order valence-electron chi connectivity index (χ2n) is 6.17. The van der Waals surface area contributed by atoms with E-state index in [4.69, 9.17) is 0 Å². The second kappa shape index (κ2) is 5.24. The highest BCUT2D eigenvalue weighted by atomic mass is 16.3. The molecular weight excluding hydrogens is 246 g/mol. The molecule has 7 nitrogen and oxygen atoms in total. The van der Waals surface area contributed by atoms with Crippen LogP contribution in [0, 0.1) is 5.41 Å². The number of carbonyl (C=O) groups is 1. The Labute approximate surface area is 112 Å². The molecule has 0 bridgehead atoms. The van der Waals surface area contributed by atoms with Gasteiger partial charge in [0.25, 0.3) is 0 Å². The molecule has 19 heavy (non-hydrogen) atoms. The number of nitrogens with one attached hydrogen (secondary N) is 1. The summed E-state index contributed by atoms with van der Waals surface area (Å²) in [5.41, 5.74) is -0.478. The molecule has 0 aliphatic heterocycles. The van der Waals surface area contributed by atoms with Crippen molar-refractivity contribution >= 4 is 5.91 Å². The van der Waals surface area contributed by atoms with Gasteiger partial charge in [0.15, 0.2) is 0 Å². The Bertz CT molecular complexity index is 419. The van der Waals surface area contributed by atoms with Gasteiger partial charge in [0.1, 0.15) is 12.9 Å². The topological polar surface area (TPSA) is 92.9 Å². The number of aliphatic hydroxyl groups is 1. The summed E-state index contributed by atoms with van der Waals surface area (Å²) >= 11 is 0. The fourth-order valence-electron chi connectivity index (χ4n) is 2.29. The zero-order chi connectivity index (χ0) is 13.9. The number of tetrazole rings is 1. The van der Waals surface area contributed by atoms with Crippen LogP contribution in [-0.4, -0.2) is 43.4 Å². The summed E-state index contributed by atoms with van der Waals surface area (Å²) in [6, 6.07) is 0. The fourth-order valence-corrected chi connectivity index (χ4v) is 2.29. The third-order valence-corrected chi connectivity index (χ3v) is 3.85. The molecule has 2 N–H and O–H groups in total. The van der Waals surface area contributed by atoms with Crippen LogP contribution in [0.2, 0.25) is 0 Å². The van der Waals surface area contributed by atoms with Gasteiger partial charge >= 0.3 is 0 Å². The molecule has 0 radical (unpaired) electrons. The van der Waals surface area contributed by atoms with Gasteiger partial charge in [-0.05, 0) is 41.5 Å². The summed E-state index contributed by atoms with van der Waals surface area (Å²) in [6.45, 7) is 4.80. The van der Waals surface area contributed by atoms with Gasteiger partial charge in [-0.25, -0.2) is 4.68 Å². The van der Waals surface area contributed by atoms with Gasteiger partial charge in [0.2, 0.25) is 5.91 Å². The zero-order valence-electron chi connectivity index (χ0n) is 11.5. The maximum absolute atomic E-state index is 11.7. The Balaban J connectivity index is 1.77. The number of hydrogen-bond acceptors (Lipinski definition) is 5. The molecule has 1 amide bonds. The molecular formula is C12H21N5O2. The van der Waals surface area contributed by atoms with Crippen molar-refractivity contribution in [2.45, 2.75) is 51.7 Å². The number of hydrogen-bond donors (Lipinski definition) is 2. The summed E-state index contributed by atoms with van der Waals surface area (Å²) in [5, 5.41) is 23.7. The molecule has 0 aromatic carbocycles. The van der Waals surface area contributed by atoms with Crippen molar-refractivity contribution in [3.05, 3.63) is 6.33 Å². The molecule has 1 aliphatic carbocycles. The molecule has 1 fully saturated rings. The second-order valence-corrected chi connectivity index (χ2v) is 6.17. The minimum Gasteiger partial charge on any atom is -0.388 e. The predicted molar refractivity (Wildman–Crippen MR) is 68.0 cm³/mol. The first-order valence-corrected chi connectivity index (χ1v) is 6.59. The molecule has 1 aromatic rings. The Hall–Kier alpha value is -1.50. The largest absolute Gasteiger partial charge is 0.388 e. The van der Waals surface area contributed by atoms with Crippen molar-refractivity contribution in [1.82, 2.24) is 25.5 Å². The molecule has 0 unspecified atom stereocenters. The first-order chi connectivity index (χ1) is 8.89. The van der Waals surface area contributed by atoms with E-state index >= 15 is 0 Å². The van der Waals surface area contributed by atoms with Crippen LogP contribution >= 0.6 is 0 Å². The van der Waals surface area contributed by atoms with E-state index in [1.54, 1.807) is 0 Å². The molecule has 0 spiro atoms. The molecule has 106 valence electrons. The molecule has 7 heteroatoms. The molecule has 1 heterocycles. The monoisotopic (exact) mass is 267 g/mol. The molecule has 1 aliphatic rings. The van der Waals surface area contributed by atoms with Crippen LogP contribution in [0.1, 0.15) is 39.5 Å². The lowest BCUT2D eigenvalue weighted by atomic mass is 9.71. The Morgan fingerprint density at radius 1 is 1.37 bits per heavy atom. The lowest BCUT2D eigenvalue weighted by Crippen LogP contribution is -2.47. The van der Waals surface area contributed by atoms with Gasteiger partial charge < -0.3 is 10.4 Å². The van der Waals surface area contributed by atoms with Gasteiger partial charge in [-0.3, -0.25) is 4.79 Å². The highest BCUT2D eigenvalue weighted by Gasteiger charge is 2.36. The number of nitrogens with zero attached hydrogens (tertiary/aromatic N) is 4. The van der Waals surface area contributed by atoms with Crippen LogP contribution in [0.15, 0.2) is 6.33 Å². The van der Waals surface area contributed by atoms with Crippen molar-refractivity contribution < 1.29 is 9.90 Å². The standard InChI is InChI=1S/C12H21N5O2/c1-11(2)3-5-12(19,6-4-11)8-13-10(18)7-17-9-14-15-16-17/h9,19H,3-8H2,1-2H3,(H,13,18). The van der Waals surface area contributed by atoms with E-state index in [0.29, 0.717) is 12.0 Å². The first-order valence-electron chi connectivity index (χ1n) is 6.59. The van der Waals surface area contributed by atoms with Crippen LogP contribution in [0.3, 0.4) is 0 Å². The fraction of sp³-hybridized carbons (Fsp3) is 0.833. The van der Waals surface area contributed by atoms with E-state index in [1.165, 1.54) is 11.0 Å². The van der Waals surface area contributed by atoms with Gasteiger partial charge in [0, 0.05) is 6.54 Å². The smallest absolute Gasteiger partial charge is 0.241 e. The number of amides is 1. The van der Waals surface area contributed by atoms with E-state index in [-0.39, 0.29) is 12.5 Å². The molecule has 0 atom stereocenters. The van der Waals surface area contributed by atoms with Crippen LogP contribution in [0.4, 0.5) is 0 Å². The van der Waals surface area contributed by atoms with Crippen LogP contribution < -0.4 is 5.32 Å². The molecule has 1 aromatic heterocycles. The zero-order valence-corrected chi connectivity index (χ0v) is 11.5. The Morgan fingerprint density at radius 2 is 2.05 bits per heavy atom. The van der Waals surface area contributed by atoms with Gasteiger partial charge in [0.05, 0.1) is 5.60 Å². The lowest BCUT2D eigenvalue weighted by Gasteiger charge is -2.40. The molecule has 0 saturated heterocycles. The maximum atomic E-state index is 11.7. The third-order valence-electron chi connectivity index (χ3n) is 3.85. The quantitative estimate of drug-likeness (QED) is 0.808. The first kappa shape index (κ1) is 13.9. The minimum atomic E-state index is -0.772. The highest BCUT2D eigenvalue weighted by Crippen LogP contribution is 2.39. The maximum Gasteiger partial charge on any atom is 0.241 e. The van der Waals surface area contributed by atoms with E-state index in [0.717, 1.165) is 25.7 Å².